The second-order valence-electron chi connectivity index (χ2n) is 6.44. The number of para-hydroxylation sites is 1. The molecule has 0 spiro atoms. The number of carbonyl (C=O) groups is 1. The van der Waals surface area contributed by atoms with Gasteiger partial charge in [0.15, 0.2) is 5.75 Å². The Labute approximate surface area is 187 Å². The fourth-order valence-electron chi connectivity index (χ4n) is 3.40. The van der Waals surface area contributed by atoms with E-state index in [-0.39, 0.29) is 34.6 Å². The maximum absolute atomic E-state index is 11.7. The monoisotopic (exact) mass is 464 g/mol. The molecule has 162 valence electrons. The first kappa shape index (κ1) is 22.6. The second kappa shape index (κ2) is 9.36. The summed E-state index contributed by atoms with van der Waals surface area (Å²) in [5.74, 6) is 0.139. The average molecular weight is 465 g/mol. The summed E-state index contributed by atoms with van der Waals surface area (Å²) in [6.45, 7) is 1.36. The molecule has 0 fully saturated rings. The molecule has 1 heterocycles. The van der Waals surface area contributed by atoms with Crippen molar-refractivity contribution in [1.29, 1.82) is 0 Å². The maximum atomic E-state index is 11.7. The summed E-state index contributed by atoms with van der Waals surface area (Å²) in [4.78, 5) is 26.7. The molecule has 0 saturated carbocycles. The third kappa shape index (κ3) is 4.35. The zero-order valence-electron chi connectivity index (χ0n) is 16.9. The van der Waals surface area contributed by atoms with Crippen LogP contribution in [0.2, 0.25) is 10.2 Å². The number of nitrogens with zero attached hydrogens (tertiary/aromatic N) is 2. The van der Waals surface area contributed by atoms with Crippen LogP contribution in [0.3, 0.4) is 0 Å². The van der Waals surface area contributed by atoms with Gasteiger partial charge in [-0.1, -0.05) is 35.3 Å². The van der Waals surface area contributed by atoms with Crippen molar-refractivity contribution in [1.82, 2.24) is 4.98 Å². The predicted octanol–water partition coefficient (Wildman–Crippen LogP) is 5.24. The highest BCUT2D eigenvalue weighted by atomic mass is 35.5. The molecule has 3 rings (SSSR count). The number of methoxy groups -OCH3 is 2. The van der Waals surface area contributed by atoms with Crippen LogP contribution in [0.4, 0.5) is 5.69 Å². The van der Waals surface area contributed by atoms with E-state index in [1.165, 1.54) is 33.3 Å². The Bertz CT molecular complexity index is 1180. The summed E-state index contributed by atoms with van der Waals surface area (Å²) in [7, 11) is 2.88. The zero-order valence-corrected chi connectivity index (χ0v) is 18.4. The summed E-state index contributed by atoms with van der Waals surface area (Å²) in [5.41, 5.74) is 1.46. The number of hydrogen-bond donors (Lipinski definition) is 0. The molecule has 0 amide bonds. The van der Waals surface area contributed by atoms with Crippen LogP contribution in [0, 0.1) is 10.1 Å². The average Bonchev–Trinajstić information content (AvgIpc) is 2.73. The minimum absolute atomic E-state index is 0.0575. The van der Waals surface area contributed by atoms with Gasteiger partial charge in [-0.05, 0) is 12.1 Å². The lowest BCUT2D eigenvalue weighted by atomic mass is 9.96. The molecule has 0 aliphatic rings. The highest BCUT2D eigenvalue weighted by Crippen LogP contribution is 2.48. The number of hydrogen-bond acceptors (Lipinski definition) is 7. The number of ether oxygens (including phenoxy) is 3. The van der Waals surface area contributed by atoms with Crippen molar-refractivity contribution >= 4 is 45.8 Å². The van der Waals surface area contributed by atoms with E-state index in [9.17, 15) is 14.9 Å². The van der Waals surface area contributed by atoms with Crippen molar-refractivity contribution in [2.75, 3.05) is 20.8 Å². The predicted molar refractivity (Wildman–Crippen MR) is 117 cm³/mol. The second-order valence-corrected chi connectivity index (χ2v) is 7.20. The van der Waals surface area contributed by atoms with Gasteiger partial charge in [0.2, 0.25) is 0 Å². The Kier molecular flexibility index (Phi) is 6.82. The Morgan fingerprint density at radius 2 is 1.81 bits per heavy atom. The van der Waals surface area contributed by atoms with Crippen molar-refractivity contribution < 1.29 is 23.9 Å². The zero-order chi connectivity index (χ0) is 22.7. The van der Waals surface area contributed by atoms with Crippen molar-refractivity contribution in [2.24, 2.45) is 0 Å². The number of aromatic nitrogens is 1. The topological polar surface area (TPSA) is 101 Å². The Morgan fingerprint density at radius 1 is 1.13 bits per heavy atom. The van der Waals surface area contributed by atoms with E-state index in [0.29, 0.717) is 33.3 Å². The smallest absolute Gasteiger partial charge is 0.302 e. The highest BCUT2D eigenvalue weighted by molar-refractivity contribution is 6.35. The SMILES string of the molecule is COc1c(Cl)c(CCOC(C)=O)c(OC)c2c(-c3ccccc3[N+](=O)[O-])cc(Cl)nc12. The van der Waals surface area contributed by atoms with Gasteiger partial charge in [-0.2, -0.15) is 0 Å². The number of rotatable bonds is 7. The van der Waals surface area contributed by atoms with Gasteiger partial charge in [-0.25, -0.2) is 4.98 Å². The number of pyridine rings is 1. The van der Waals surface area contributed by atoms with E-state index < -0.39 is 10.9 Å². The van der Waals surface area contributed by atoms with Crippen LogP contribution < -0.4 is 9.47 Å². The van der Waals surface area contributed by atoms with Crippen molar-refractivity contribution in [3.8, 4) is 22.6 Å². The van der Waals surface area contributed by atoms with Crippen LogP contribution in [0.1, 0.15) is 12.5 Å². The summed E-state index contributed by atoms with van der Waals surface area (Å²) < 4.78 is 16.2. The van der Waals surface area contributed by atoms with Crippen molar-refractivity contribution in [3.05, 3.63) is 56.2 Å². The molecular weight excluding hydrogens is 447 g/mol. The number of halogens is 2. The summed E-state index contributed by atoms with van der Waals surface area (Å²) >= 11 is 12.8. The molecule has 0 N–H and O–H groups in total. The van der Waals surface area contributed by atoms with Gasteiger partial charge < -0.3 is 14.2 Å². The van der Waals surface area contributed by atoms with Crippen LogP contribution in [0.15, 0.2) is 30.3 Å². The molecule has 0 aliphatic heterocycles. The lowest BCUT2D eigenvalue weighted by molar-refractivity contribution is -0.384. The van der Waals surface area contributed by atoms with E-state index >= 15 is 0 Å². The number of carbonyl (C=O) groups excluding carboxylic acids is 1. The molecule has 8 nitrogen and oxygen atoms in total. The van der Waals surface area contributed by atoms with Crippen molar-refractivity contribution in [2.45, 2.75) is 13.3 Å². The Balaban J connectivity index is 2.42. The van der Waals surface area contributed by atoms with Gasteiger partial charge in [0.1, 0.15) is 16.4 Å². The van der Waals surface area contributed by atoms with E-state index in [0.717, 1.165) is 0 Å². The van der Waals surface area contributed by atoms with Crippen LogP contribution in [0.25, 0.3) is 22.0 Å². The Hall–Kier alpha value is -3.10. The van der Waals surface area contributed by atoms with Crippen molar-refractivity contribution in [3.63, 3.8) is 0 Å². The lowest BCUT2D eigenvalue weighted by Gasteiger charge is -2.19. The van der Waals surface area contributed by atoms with Gasteiger partial charge in [-0.15, -0.1) is 0 Å². The molecule has 0 bridgehead atoms. The van der Waals surface area contributed by atoms with Gasteiger partial charge in [0.25, 0.3) is 5.69 Å². The molecule has 0 aliphatic carbocycles. The maximum Gasteiger partial charge on any atom is 0.302 e. The molecule has 2 aromatic carbocycles. The number of esters is 1. The third-order valence-corrected chi connectivity index (χ3v) is 5.22. The number of benzene rings is 2. The summed E-state index contributed by atoms with van der Waals surface area (Å²) in [6, 6.07) is 7.80. The molecule has 3 aromatic rings. The van der Waals surface area contributed by atoms with Gasteiger partial charge in [-0.3, -0.25) is 14.9 Å². The van der Waals surface area contributed by atoms with Crippen LogP contribution in [-0.4, -0.2) is 36.7 Å². The number of nitro groups is 1. The van der Waals surface area contributed by atoms with E-state index in [4.69, 9.17) is 37.4 Å². The van der Waals surface area contributed by atoms with Crippen LogP contribution >= 0.6 is 23.2 Å². The van der Waals surface area contributed by atoms with E-state index in [1.807, 2.05) is 0 Å². The minimum Gasteiger partial charge on any atom is -0.496 e. The first-order valence-corrected chi connectivity index (χ1v) is 9.85. The molecule has 0 atom stereocenters. The van der Waals surface area contributed by atoms with E-state index in [2.05, 4.69) is 4.98 Å². The van der Waals surface area contributed by atoms with Gasteiger partial charge in [0, 0.05) is 30.5 Å². The Morgan fingerprint density at radius 3 is 2.42 bits per heavy atom. The molecule has 0 unspecified atom stereocenters. The molecule has 0 radical (unpaired) electrons. The molecular formula is C21H18Cl2N2O6. The quantitative estimate of drug-likeness (QED) is 0.204. The fourth-order valence-corrected chi connectivity index (χ4v) is 3.94. The molecule has 0 saturated heterocycles. The summed E-state index contributed by atoms with van der Waals surface area (Å²) in [6.07, 6.45) is 0.229. The van der Waals surface area contributed by atoms with Crippen LogP contribution in [-0.2, 0) is 16.0 Å². The standard InChI is InChI=1S/C21H18Cl2N2O6/c1-11(26)31-9-8-13-18(23)21(30-3)19-17(20(13)29-2)14(10-16(22)24-19)12-6-4-5-7-15(12)25(27)28/h4-7,10H,8-9H2,1-3H3. The number of fused-ring (bicyclic) bond motifs is 1. The molecule has 31 heavy (non-hydrogen) atoms. The fraction of sp³-hybridized carbons (Fsp3) is 0.238. The summed E-state index contributed by atoms with van der Waals surface area (Å²) in [5, 5.41) is 12.4. The molecule has 1 aromatic heterocycles. The molecule has 10 heteroatoms. The van der Waals surface area contributed by atoms with E-state index in [1.54, 1.807) is 18.2 Å². The first-order chi connectivity index (χ1) is 14.8. The van der Waals surface area contributed by atoms with Gasteiger partial charge in [0.05, 0.1) is 41.7 Å². The first-order valence-electron chi connectivity index (χ1n) is 9.09. The lowest BCUT2D eigenvalue weighted by Crippen LogP contribution is -2.07. The number of nitro benzene ring substituents is 1. The highest BCUT2D eigenvalue weighted by Gasteiger charge is 2.26. The van der Waals surface area contributed by atoms with Gasteiger partial charge >= 0.3 is 5.97 Å². The third-order valence-electron chi connectivity index (χ3n) is 4.63. The minimum atomic E-state index is -0.475. The van der Waals surface area contributed by atoms with Crippen LogP contribution in [0.5, 0.6) is 11.5 Å². The largest absolute Gasteiger partial charge is 0.496 e. The normalized spacial score (nSPS) is 10.7.